The zero-order valence-electron chi connectivity index (χ0n) is 15.6. The van der Waals surface area contributed by atoms with Gasteiger partial charge in [-0.05, 0) is 55.7 Å². The Kier molecular flexibility index (Phi) is 6.63. The topological polar surface area (TPSA) is 58.2 Å². The summed E-state index contributed by atoms with van der Waals surface area (Å²) in [7, 11) is 0. The molecule has 5 nitrogen and oxygen atoms in total. The molecule has 3 aromatic rings. The summed E-state index contributed by atoms with van der Waals surface area (Å²) in [5, 5.41) is 0. The quantitative estimate of drug-likeness (QED) is 0.688. The number of Topliss-reactive ketones (excluding diaryl/α,β-unsaturated/α-hetero) is 1. The first-order chi connectivity index (χ1) is 13.2. The highest BCUT2D eigenvalue weighted by Crippen LogP contribution is 2.21. The number of anilines is 1. The highest BCUT2D eigenvalue weighted by molar-refractivity contribution is 5.97. The second kappa shape index (κ2) is 9.57. The van der Waals surface area contributed by atoms with Gasteiger partial charge >= 0.3 is 0 Å². The van der Waals surface area contributed by atoms with Crippen LogP contribution in [0.15, 0.2) is 67.3 Å². The molecule has 2 heterocycles. The Morgan fingerprint density at radius 1 is 1.11 bits per heavy atom. The van der Waals surface area contributed by atoms with E-state index in [1.807, 2.05) is 55.5 Å². The van der Waals surface area contributed by atoms with Crippen LogP contribution in [0.25, 0.3) is 0 Å². The Bertz CT molecular complexity index is 806. The number of nitrogens with zero attached hydrogens (tertiary/aromatic N) is 2. The lowest BCUT2D eigenvalue weighted by Crippen LogP contribution is -2.18. The van der Waals surface area contributed by atoms with Crippen LogP contribution >= 0.6 is 0 Å². The molecule has 0 saturated carbocycles. The van der Waals surface area contributed by atoms with Crippen LogP contribution in [0, 0.1) is 6.92 Å². The SMILES string of the molecule is Cc1ccccc1OCC(=O)c1ccc(N2CCCC2)cc1.c1c[nH]cn1. The number of ether oxygens (including phenoxy) is 1. The van der Waals surface area contributed by atoms with Crippen LogP contribution in [0.2, 0.25) is 0 Å². The van der Waals surface area contributed by atoms with Crippen LogP contribution < -0.4 is 9.64 Å². The molecule has 0 amide bonds. The molecule has 1 fully saturated rings. The van der Waals surface area contributed by atoms with Gasteiger partial charge in [0.25, 0.3) is 0 Å². The smallest absolute Gasteiger partial charge is 0.200 e. The molecule has 1 aliphatic rings. The molecule has 5 heteroatoms. The van der Waals surface area contributed by atoms with Crippen molar-refractivity contribution < 1.29 is 9.53 Å². The van der Waals surface area contributed by atoms with E-state index in [9.17, 15) is 4.79 Å². The van der Waals surface area contributed by atoms with Crippen LogP contribution in [0.5, 0.6) is 5.75 Å². The summed E-state index contributed by atoms with van der Waals surface area (Å²) < 4.78 is 5.62. The molecule has 27 heavy (non-hydrogen) atoms. The van der Waals surface area contributed by atoms with Crippen molar-refractivity contribution >= 4 is 11.5 Å². The Balaban J connectivity index is 0.000000364. The van der Waals surface area contributed by atoms with E-state index < -0.39 is 0 Å². The third-order valence-corrected chi connectivity index (χ3v) is 4.52. The highest BCUT2D eigenvalue weighted by Gasteiger charge is 2.13. The van der Waals surface area contributed by atoms with Gasteiger partial charge in [-0.1, -0.05) is 18.2 Å². The van der Waals surface area contributed by atoms with Gasteiger partial charge in [-0.25, -0.2) is 4.98 Å². The Hall–Kier alpha value is -3.08. The van der Waals surface area contributed by atoms with E-state index >= 15 is 0 Å². The van der Waals surface area contributed by atoms with Crippen LogP contribution in [-0.2, 0) is 0 Å². The van der Waals surface area contributed by atoms with Crippen LogP contribution in [0.1, 0.15) is 28.8 Å². The summed E-state index contributed by atoms with van der Waals surface area (Å²) in [6.07, 6.45) is 7.59. The van der Waals surface area contributed by atoms with Crippen molar-refractivity contribution in [3.05, 3.63) is 78.4 Å². The number of carbonyl (C=O) groups excluding carboxylic acids is 1. The van der Waals surface area contributed by atoms with Gasteiger partial charge in [0.15, 0.2) is 12.4 Å². The molecule has 0 bridgehead atoms. The predicted molar refractivity (Wildman–Crippen MR) is 107 cm³/mol. The fourth-order valence-corrected chi connectivity index (χ4v) is 2.99. The van der Waals surface area contributed by atoms with Crippen molar-refractivity contribution in [2.45, 2.75) is 19.8 Å². The lowest BCUT2D eigenvalue weighted by molar-refractivity contribution is 0.0921. The second-order valence-electron chi connectivity index (χ2n) is 6.48. The van der Waals surface area contributed by atoms with E-state index in [1.165, 1.54) is 18.5 Å². The fourth-order valence-electron chi connectivity index (χ4n) is 2.99. The molecule has 0 radical (unpaired) electrons. The van der Waals surface area contributed by atoms with Crippen molar-refractivity contribution in [2.24, 2.45) is 0 Å². The first-order valence-corrected chi connectivity index (χ1v) is 9.23. The van der Waals surface area contributed by atoms with Crippen LogP contribution in [0.4, 0.5) is 5.69 Å². The number of aryl methyl sites for hydroxylation is 1. The van der Waals surface area contributed by atoms with Gasteiger partial charge in [0.2, 0.25) is 0 Å². The number of nitrogens with one attached hydrogen (secondary N) is 1. The average molecular weight is 363 g/mol. The van der Waals surface area contributed by atoms with Gasteiger partial charge in [0.05, 0.1) is 6.33 Å². The van der Waals surface area contributed by atoms with Crippen LogP contribution in [0.3, 0.4) is 0 Å². The Morgan fingerprint density at radius 2 is 1.85 bits per heavy atom. The van der Waals surface area contributed by atoms with Gasteiger partial charge in [-0.2, -0.15) is 0 Å². The standard InChI is InChI=1S/C19H21NO2.C3H4N2/c1-15-6-2-3-7-19(15)22-14-18(21)16-8-10-17(11-9-16)20-12-4-5-13-20;1-2-5-3-4-1/h2-3,6-11H,4-5,12-14H2,1H3;1-3H,(H,4,5). The molecule has 4 rings (SSSR count). The van der Waals surface area contributed by atoms with E-state index in [-0.39, 0.29) is 12.4 Å². The first-order valence-electron chi connectivity index (χ1n) is 9.23. The molecule has 140 valence electrons. The largest absolute Gasteiger partial charge is 0.485 e. The lowest BCUT2D eigenvalue weighted by Gasteiger charge is -2.17. The number of imidazole rings is 1. The van der Waals surface area contributed by atoms with Crippen LogP contribution in [-0.4, -0.2) is 35.4 Å². The van der Waals surface area contributed by atoms with E-state index in [0.29, 0.717) is 5.56 Å². The van der Waals surface area contributed by atoms with Crippen molar-refractivity contribution in [1.82, 2.24) is 9.97 Å². The highest BCUT2D eigenvalue weighted by atomic mass is 16.5. The van der Waals surface area contributed by atoms with Gasteiger partial charge in [0.1, 0.15) is 5.75 Å². The summed E-state index contributed by atoms with van der Waals surface area (Å²) in [6, 6.07) is 15.6. The van der Waals surface area contributed by atoms with Gasteiger partial charge < -0.3 is 14.6 Å². The molecular formula is C22H25N3O2. The van der Waals surface area contributed by atoms with E-state index in [1.54, 1.807) is 18.7 Å². The monoisotopic (exact) mass is 363 g/mol. The lowest BCUT2D eigenvalue weighted by atomic mass is 10.1. The zero-order chi connectivity index (χ0) is 18.9. The fraction of sp³-hybridized carbons (Fsp3) is 0.273. The van der Waals surface area contributed by atoms with E-state index in [0.717, 1.165) is 24.4 Å². The number of hydrogen-bond acceptors (Lipinski definition) is 4. The number of benzene rings is 2. The minimum Gasteiger partial charge on any atom is -0.485 e. The molecule has 1 N–H and O–H groups in total. The number of carbonyl (C=O) groups is 1. The molecule has 1 aliphatic heterocycles. The maximum Gasteiger partial charge on any atom is 0.200 e. The molecular weight excluding hydrogens is 338 g/mol. The summed E-state index contributed by atoms with van der Waals surface area (Å²) in [5.74, 6) is 0.778. The molecule has 0 unspecified atom stereocenters. The molecule has 0 spiro atoms. The molecule has 1 saturated heterocycles. The van der Waals surface area contributed by atoms with Gasteiger partial charge in [-0.15, -0.1) is 0 Å². The molecule has 0 atom stereocenters. The first kappa shape index (κ1) is 18.7. The minimum absolute atomic E-state index is 0.0104. The van der Waals surface area contributed by atoms with E-state index in [2.05, 4.69) is 14.9 Å². The number of ketones is 1. The molecule has 0 aliphatic carbocycles. The Labute approximate surface area is 160 Å². The summed E-state index contributed by atoms with van der Waals surface area (Å²) in [6.45, 7) is 4.28. The number of hydrogen-bond donors (Lipinski definition) is 1. The predicted octanol–water partition coefficient (Wildman–Crippen LogP) is 4.27. The molecule has 2 aromatic carbocycles. The zero-order valence-corrected chi connectivity index (χ0v) is 15.6. The average Bonchev–Trinajstić information content (AvgIpc) is 3.44. The Morgan fingerprint density at radius 3 is 2.44 bits per heavy atom. The third kappa shape index (κ3) is 5.45. The number of rotatable bonds is 5. The van der Waals surface area contributed by atoms with Gasteiger partial charge in [-0.3, -0.25) is 4.79 Å². The maximum absolute atomic E-state index is 12.2. The summed E-state index contributed by atoms with van der Waals surface area (Å²) >= 11 is 0. The molecule has 1 aromatic heterocycles. The number of H-pyrrole nitrogens is 1. The number of aromatic amines is 1. The van der Waals surface area contributed by atoms with Crippen molar-refractivity contribution in [1.29, 1.82) is 0 Å². The third-order valence-electron chi connectivity index (χ3n) is 4.52. The number of aromatic nitrogens is 2. The maximum atomic E-state index is 12.2. The number of para-hydroxylation sites is 1. The normalized spacial score (nSPS) is 13.0. The van der Waals surface area contributed by atoms with E-state index in [4.69, 9.17) is 4.74 Å². The van der Waals surface area contributed by atoms with Gasteiger partial charge in [0, 0.05) is 36.7 Å². The summed E-state index contributed by atoms with van der Waals surface area (Å²) in [4.78, 5) is 21.0. The van der Waals surface area contributed by atoms with Crippen molar-refractivity contribution in [3.63, 3.8) is 0 Å². The van der Waals surface area contributed by atoms with Crippen molar-refractivity contribution in [3.8, 4) is 5.75 Å². The van der Waals surface area contributed by atoms with Crippen molar-refractivity contribution in [2.75, 3.05) is 24.6 Å². The summed E-state index contributed by atoms with van der Waals surface area (Å²) in [5.41, 5.74) is 2.95. The minimum atomic E-state index is 0.0104. The second-order valence-corrected chi connectivity index (χ2v) is 6.48.